The SMILES string of the molecule is COC(=O)CNc1nc(Cl)nc2cc(OC)c(OC)cc12. The molecule has 21 heavy (non-hydrogen) atoms. The Morgan fingerprint density at radius 1 is 1.19 bits per heavy atom. The van der Waals surface area contributed by atoms with E-state index in [-0.39, 0.29) is 11.8 Å². The molecule has 1 N–H and O–H groups in total. The molecule has 0 aliphatic heterocycles. The molecule has 1 aromatic heterocycles. The molecule has 0 spiro atoms. The maximum absolute atomic E-state index is 11.2. The van der Waals surface area contributed by atoms with Crippen LogP contribution in [0.3, 0.4) is 0 Å². The van der Waals surface area contributed by atoms with Crippen LogP contribution in [0.5, 0.6) is 11.5 Å². The molecule has 1 aromatic carbocycles. The summed E-state index contributed by atoms with van der Waals surface area (Å²) in [5.41, 5.74) is 0.569. The van der Waals surface area contributed by atoms with Crippen LogP contribution in [-0.4, -0.2) is 43.8 Å². The van der Waals surface area contributed by atoms with Crippen LogP contribution in [0.2, 0.25) is 5.28 Å². The van der Waals surface area contributed by atoms with Gasteiger partial charge in [0, 0.05) is 11.5 Å². The Balaban J connectivity index is 2.51. The Bertz CT molecular complexity index is 678. The number of benzene rings is 1. The summed E-state index contributed by atoms with van der Waals surface area (Å²) in [6.45, 7) is -0.0344. The maximum Gasteiger partial charge on any atom is 0.325 e. The predicted octanol–water partition coefficient (Wildman–Crippen LogP) is 1.89. The van der Waals surface area contributed by atoms with Gasteiger partial charge in [-0.3, -0.25) is 4.79 Å². The molecule has 0 saturated carbocycles. The van der Waals surface area contributed by atoms with Crippen molar-refractivity contribution in [2.45, 2.75) is 0 Å². The molecule has 0 amide bonds. The number of fused-ring (bicyclic) bond motifs is 1. The van der Waals surface area contributed by atoms with E-state index in [0.717, 1.165) is 0 Å². The van der Waals surface area contributed by atoms with Crippen LogP contribution < -0.4 is 14.8 Å². The fraction of sp³-hybridized carbons (Fsp3) is 0.308. The molecular weight excluding hydrogens is 298 g/mol. The smallest absolute Gasteiger partial charge is 0.325 e. The van der Waals surface area contributed by atoms with E-state index < -0.39 is 5.97 Å². The maximum atomic E-state index is 11.2. The molecule has 2 aromatic rings. The molecule has 0 atom stereocenters. The van der Waals surface area contributed by atoms with Gasteiger partial charge in [0.15, 0.2) is 11.5 Å². The second-order valence-corrected chi connectivity index (χ2v) is 4.33. The minimum absolute atomic E-state index is 0.0344. The first-order chi connectivity index (χ1) is 10.1. The van der Waals surface area contributed by atoms with Crippen molar-refractivity contribution in [3.05, 3.63) is 17.4 Å². The Morgan fingerprint density at radius 3 is 2.48 bits per heavy atom. The van der Waals surface area contributed by atoms with Crippen LogP contribution in [0.25, 0.3) is 10.9 Å². The number of carbonyl (C=O) groups is 1. The van der Waals surface area contributed by atoms with Crippen LogP contribution in [0.1, 0.15) is 0 Å². The summed E-state index contributed by atoms with van der Waals surface area (Å²) in [6, 6.07) is 3.40. The molecule has 0 radical (unpaired) electrons. The van der Waals surface area contributed by atoms with E-state index in [4.69, 9.17) is 21.1 Å². The van der Waals surface area contributed by atoms with Crippen molar-refractivity contribution in [2.75, 3.05) is 33.2 Å². The number of methoxy groups -OCH3 is 3. The molecule has 2 rings (SSSR count). The summed E-state index contributed by atoms with van der Waals surface area (Å²) in [4.78, 5) is 19.4. The van der Waals surface area contributed by atoms with Crippen molar-refractivity contribution >= 4 is 34.3 Å². The number of nitrogens with zero attached hydrogens (tertiary/aromatic N) is 2. The molecule has 112 valence electrons. The number of rotatable bonds is 5. The highest BCUT2D eigenvalue weighted by Gasteiger charge is 2.13. The van der Waals surface area contributed by atoms with Gasteiger partial charge in [0.25, 0.3) is 0 Å². The minimum Gasteiger partial charge on any atom is -0.493 e. The molecule has 8 heteroatoms. The summed E-state index contributed by atoms with van der Waals surface area (Å²) in [7, 11) is 4.37. The van der Waals surface area contributed by atoms with E-state index in [9.17, 15) is 4.79 Å². The zero-order valence-corrected chi connectivity index (χ0v) is 12.5. The Labute approximate surface area is 126 Å². The lowest BCUT2D eigenvalue weighted by atomic mass is 10.2. The third-order valence-corrected chi connectivity index (χ3v) is 2.97. The van der Waals surface area contributed by atoms with Gasteiger partial charge in [-0.1, -0.05) is 0 Å². The third-order valence-electron chi connectivity index (χ3n) is 2.80. The van der Waals surface area contributed by atoms with Gasteiger partial charge in [-0.25, -0.2) is 9.97 Å². The summed E-state index contributed by atoms with van der Waals surface area (Å²) in [6.07, 6.45) is 0. The lowest BCUT2D eigenvalue weighted by Gasteiger charge is -2.12. The molecule has 0 aliphatic rings. The second kappa shape index (κ2) is 6.45. The van der Waals surface area contributed by atoms with Gasteiger partial charge in [-0.2, -0.15) is 0 Å². The number of anilines is 1. The highest BCUT2D eigenvalue weighted by Crippen LogP contribution is 2.34. The first kappa shape index (κ1) is 15.1. The van der Waals surface area contributed by atoms with Gasteiger partial charge in [-0.15, -0.1) is 0 Å². The monoisotopic (exact) mass is 311 g/mol. The number of halogens is 1. The second-order valence-electron chi connectivity index (χ2n) is 4.00. The van der Waals surface area contributed by atoms with Crippen molar-refractivity contribution < 1.29 is 19.0 Å². The summed E-state index contributed by atoms with van der Waals surface area (Å²) < 4.78 is 15.0. The van der Waals surface area contributed by atoms with Crippen LogP contribution in [-0.2, 0) is 9.53 Å². The molecule has 0 unspecified atom stereocenters. The number of esters is 1. The van der Waals surface area contributed by atoms with E-state index in [0.29, 0.717) is 28.2 Å². The minimum atomic E-state index is -0.418. The lowest BCUT2D eigenvalue weighted by molar-refractivity contribution is -0.138. The quantitative estimate of drug-likeness (QED) is 0.667. The van der Waals surface area contributed by atoms with Crippen LogP contribution >= 0.6 is 11.6 Å². The highest BCUT2D eigenvalue weighted by atomic mass is 35.5. The largest absolute Gasteiger partial charge is 0.493 e. The third kappa shape index (κ3) is 3.25. The number of nitrogens with one attached hydrogen (secondary N) is 1. The van der Waals surface area contributed by atoms with Crippen LogP contribution in [0.15, 0.2) is 12.1 Å². The number of hydrogen-bond acceptors (Lipinski definition) is 7. The summed E-state index contributed by atoms with van der Waals surface area (Å²) in [5, 5.41) is 3.57. The van der Waals surface area contributed by atoms with Crippen molar-refractivity contribution in [1.82, 2.24) is 9.97 Å². The number of hydrogen-bond donors (Lipinski definition) is 1. The average Bonchev–Trinajstić information content (AvgIpc) is 2.50. The first-order valence-electron chi connectivity index (χ1n) is 5.99. The van der Waals surface area contributed by atoms with Gasteiger partial charge in [0.1, 0.15) is 12.4 Å². The van der Waals surface area contributed by atoms with E-state index in [1.54, 1.807) is 12.1 Å². The van der Waals surface area contributed by atoms with Crippen molar-refractivity contribution in [2.24, 2.45) is 0 Å². The van der Waals surface area contributed by atoms with Gasteiger partial charge in [0.05, 0.1) is 26.8 Å². The van der Waals surface area contributed by atoms with Crippen LogP contribution in [0, 0.1) is 0 Å². The zero-order chi connectivity index (χ0) is 15.4. The van der Waals surface area contributed by atoms with Gasteiger partial charge in [0.2, 0.25) is 5.28 Å². The molecule has 7 nitrogen and oxygen atoms in total. The van der Waals surface area contributed by atoms with Gasteiger partial charge in [-0.05, 0) is 17.7 Å². The number of aromatic nitrogens is 2. The molecule has 1 heterocycles. The fourth-order valence-electron chi connectivity index (χ4n) is 1.79. The topological polar surface area (TPSA) is 82.6 Å². The highest BCUT2D eigenvalue weighted by molar-refractivity contribution is 6.28. The van der Waals surface area contributed by atoms with Crippen molar-refractivity contribution in [3.63, 3.8) is 0 Å². The van der Waals surface area contributed by atoms with Crippen LogP contribution in [0.4, 0.5) is 5.82 Å². The predicted molar refractivity (Wildman–Crippen MR) is 78.2 cm³/mol. The number of ether oxygens (including phenoxy) is 3. The van der Waals surface area contributed by atoms with E-state index >= 15 is 0 Å². The Hall–Kier alpha value is -2.28. The van der Waals surface area contributed by atoms with E-state index in [1.807, 2.05) is 0 Å². The molecule has 0 fully saturated rings. The molecule has 0 saturated heterocycles. The van der Waals surface area contributed by atoms with E-state index in [1.165, 1.54) is 21.3 Å². The molecule has 0 bridgehead atoms. The Kier molecular flexibility index (Phi) is 4.64. The lowest BCUT2D eigenvalue weighted by Crippen LogP contribution is -2.16. The molecule has 0 aliphatic carbocycles. The summed E-state index contributed by atoms with van der Waals surface area (Å²) >= 11 is 5.89. The van der Waals surface area contributed by atoms with E-state index in [2.05, 4.69) is 20.0 Å². The number of carbonyl (C=O) groups excluding carboxylic acids is 1. The average molecular weight is 312 g/mol. The molecular formula is C13H14ClN3O4. The first-order valence-corrected chi connectivity index (χ1v) is 6.36. The van der Waals surface area contributed by atoms with Gasteiger partial charge >= 0.3 is 5.97 Å². The fourth-order valence-corrected chi connectivity index (χ4v) is 1.97. The zero-order valence-electron chi connectivity index (χ0n) is 11.8. The van der Waals surface area contributed by atoms with Gasteiger partial charge < -0.3 is 19.5 Å². The summed E-state index contributed by atoms with van der Waals surface area (Å²) in [5.74, 6) is 1.05. The van der Waals surface area contributed by atoms with Crippen molar-refractivity contribution in [1.29, 1.82) is 0 Å². The standard InChI is InChI=1S/C13H14ClN3O4/c1-19-9-4-7-8(5-10(9)20-2)16-13(14)17-12(7)15-6-11(18)21-3/h4-5H,6H2,1-3H3,(H,15,16,17). The Morgan fingerprint density at radius 2 is 1.86 bits per heavy atom. The van der Waals surface area contributed by atoms with Crippen molar-refractivity contribution in [3.8, 4) is 11.5 Å². The normalized spacial score (nSPS) is 10.3.